The molecule has 2 heterocycles. The Balaban J connectivity index is 2.19. The average Bonchev–Trinajstić information content (AvgIpc) is 2.97. The molecule has 0 radical (unpaired) electrons. The highest BCUT2D eigenvalue weighted by Gasteiger charge is 2.19. The molecule has 1 unspecified atom stereocenters. The molecule has 1 atom stereocenters. The summed E-state index contributed by atoms with van der Waals surface area (Å²) in [6.45, 7) is 4.34. The summed E-state index contributed by atoms with van der Waals surface area (Å²) >= 11 is 5.55. The lowest BCUT2D eigenvalue weighted by Gasteiger charge is -2.15. The van der Waals surface area contributed by atoms with Gasteiger partial charge in [0.25, 0.3) is 0 Å². The van der Waals surface area contributed by atoms with Gasteiger partial charge in [0.2, 0.25) is 0 Å². The van der Waals surface area contributed by atoms with Gasteiger partial charge >= 0.3 is 0 Å². The molecule has 0 bridgehead atoms. The normalized spacial score (nSPS) is 12.9. The molecule has 0 aliphatic carbocycles. The van der Waals surface area contributed by atoms with E-state index in [2.05, 4.69) is 52.8 Å². The smallest absolute Gasteiger partial charge is 0.179 e. The summed E-state index contributed by atoms with van der Waals surface area (Å²) in [5.74, 6) is 0. The van der Waals surface area contributed by atoms with E-state index in [9.17, 15) is 0 Å². The number of aromatic amines is 1. The van der Waals surface area contributed by atoms with Crippen LogP contribution in [0.25, 0.3) is 11.2 Å². The van der Waals surface area contributed by atoms with Crippen LogP contribution < -0.4 is 0 Å². The number of imidazole rings is 1. The van der Waals surface area contributed by atoms with Gasteiger partial charge in [-0.15, -0.1) is 0 Å². The third-order valence-electron chi connectivity index (χ3n) is 3.92. The molecule has 110 valence electrons. The van der Waals surface area contributed by atoms with Crippen molar-refractivity contribution >= 4 is 23.4 Å². The zero-order valence-electron chi connectivity index (χ0n) is 12.6. The number of nitrogens with zero attached hydrogens (tertiary/aromatic N) is 3. The van der Waals surface area contributed by atoms with Crippen LogP contribution >= 0.6 is 12.2 Å². The van der Waals surface area contributed by atoms with Crippen molar-refractivity contribution in [1.82, 2.24) is 19.3 Å². The Bertz CT molecular complexity index is 810. The SMILES string of the molecule is CCCc1nn(C)c2c1[nH]c(=S)n2C(C)c1ccccc1. The first-order chi connectivity index (χ1) is 10.1. The van der Waals surface area contributed by atoms with Gasteiger partial charge in [-0.2, -0.15) is 5.10 Å². The standard InChI is InChI=1S/C16H20N4S/c1-4-8-13-14-15(19(3)18-13)20(16(21)17-14)11(2)12-9-6-5-7-10-12/h5-7,9-11H,4,8H2,1-3H3,(H,17,21). The van der Waals surface area contributed by atoms with Crippen LogP contribution in [0.15, 0.2) is 30.3 Å². The number of H-pyrrole nitrogens is 1. The fourth-order valence-electron chi connectivity index (χ4n) is 2.89. The van der Waals surface area contributed by atoms with Gasteiger partial charge in [0.15, 0.2) is 10.4 Å². The minimum Gasteiger partial charge on any atom is -0.328 e. The van der Waals surface area contributed by atoms with Crippen LogP contribution in [0.4, 0.5) is 0 Å². The Morgan fingerprint density at radius 3 is 2.67 bits per heavy atom. The Labute approximate surface area is 129 Å². The summed E-state index contributed by atoms with van der Waals surface area (Å²) in [7, 11) is 1.98. The van der Waals surface area contributed by atoms with Crippen molar-refractivity contribution in [2.75, 3.05) is 0 Å². The molecule has 2 aromatic heterocycles. The lowest BCUT2D eigenvalue weighted by molar-refractivity contribution is 0.618. The molecule has 0 spiro atoms. The van der Waals surface area contributed by atoms with Gasteiger partial charge in [-0.25, -0.2) is 0 Å². The molecule has 3 rings (SSSR count). The van der Waals surface area contributed by atoms with Crippen LogP contribution in [-0.2, 0) is 13.5 Å². The van der Waals surface area contributed by atoms with E-state index >= 15 is 0 Å². The van der Waals surface area contributed by atoms with Crippen molar-refractivity contribution in [2.45, 2.75) is 32.7 Å². The van der Waals surface area contributed by atoms with E-state index in [4.69, 9.17) is 12.2 Å². The Hall–Kier alpha value is -1.88. The van der Waals surface area contributed by atoms with Crippen molar-refractivity contribution in [3.63, 3.8) is 0 Å². The molecule has 21 heavy (non-hydrogen) atoms. The van der Waals surface area contributed by atoms with Gasteiger partial charge in [0.1, 0.15) is 5.52 Å². The maximum absolute atomic E-state index is 5.55. The van der Waals surface area contributed by atoms with Crippen molar-refractivity contribution in [2.24, 2.45) is 7.05 Å². The lowest BCUT2D eigenvalue weighted by atomic mass is 10.1. The van der Waals surface area contributed by atoms with Crippen LogP contribution in [0.3, 0.4) is 0 Å². The fourth-order valence-corrected chi connectivity index (χ4v) is 3.24. The second-order valence-corrected chi connectivity index (χ2v) is 5.79. The fraction of sp³-hybridized carbons (Fsp3) is 0.375. The van der Waals surface area contributed by atoms with Gasteiger partial charge in [-0.05, 0) is 31.1 Å². The largest absolute Gasteiger partial charge is 0.328 e. The lowest BCUT2D eigenvalue weighted by Crippen LogP contribution is -2.09. The highest BCUT2D eigenvalue weighted by molar-refractivity contribution is 7.71. The van der Waals surface area contributed by atoms with E-state index in [1.807, 2.05) is 17.8 Å². The topological polar surface area (TPSA) is 38.5 Å². The van der Waals surface area contributed by atoms with Crippen LogP contribution in [0.2, 0.25) is 0 Å². The number of nitrogens with one attached hydrogen (secondary N) is 1. The van der Waals surface area contributed by atoms with E-state index in [1.165, 1.54) is 5.56 Å². The maximum atomic E-state index is 5.55. The summed E-state index contributed by atoms with van der Waals surface area (Å²) in [5.41, 5.74) is 4.49. The molecular formula is C16H20N4S. The summed E-state index contributed by atoms with van der Waals surface area (Å²) in [4.78, 5) is 3.35. The first kappa shape index (κ1) is 14.1. The van der Waals surface area contributed by atoms with Crippen LogP contribution in [-0.4, -0.2) is 19.3 Å². The number of benzene rings is 1. The molecule has 0 aliphatic heterocycles. The Morgan fingerprint density at radius 2 is 2.00 bits per heavy atom. The first-order valence-electron chi connectivity index (χ1n) is 7.34. The van der Waals surface area contributed by atoms with Crippen molar-refractivity contribution < 1.29 is 0 Å². The van der Waals surface area contributed by atoms with Gasteiger partial charge < -0.3 is 4.98 Å². The van der Waals surface area contributed by atoms with E-state index in [-0.39, 0.29) is 6.04 Å². The Morgan fingerprint density at radius 1 is 1.29 bits per heavy atom. The van der Waals surface area contributed by atoms with Gasteiger partial charge in [0.05, 0.1) is 11.7 Å². The molecule has 0 amide bonds. The van der Waals surface area contributed by atoms with Crippen molar-refractivity contribution in [3.05, 3.63) is 46.4 Å². The number of hydrogen-bond acceptors (Lipinski definition) is 2. The van der Waals surface area contributed by atoms with Crippen molar-refractivity contribution in [3.8, 4) is 0 Å². The zero-order chi connectivity index (χ0) is 15.0. The third-order valence-corrected chi connectivity index (χ3v) is 4.22. The molecule has 0 aliphatic rings. The predicted molar refractivity (Wildman–Crippen MR) is 88.1 cm³/mol. The summed E-state index contributed by atoms with van der Waals surface area (Å²) in [6, 6.07) is 10.6. The average molecular weight is 300 g/mol. The zero-order valence-corrected chi connectivity index (χ0v) is 13.4. The minimum atomic E-state index is 0.178. The monoisotopic (exact) mass is 300 g/mol. The maximum Gasteiger partial charge on any atom is 0.179 e. The number of aryl methyl sites for hydroxylation is 2. The molecule has 5 heteroatoms. The Kier molecular flexibility index (Phi) is 3.68. The second-order valence-electron chi connectivity index (χ2n) is 5.41. The van der Waals surface area contributed by atoms with Gasteiger partial charge in [-0.3, -0.25) is 9.25 Å². The van der Waals surface area contributed by atoms with E-state index in [1.54, 1.807) is 0 Å². The van der Waals surface area contributed by atoms with Crippen LogP contribution in [0.1, 0.15) is 37.6 Å². The molecule has 3 aromatic rings. The van der Waals surface area contributed by atoms with Gasteiger partial charge in [0, 0.05) is 7.05 Å². The van der Waals surface area contributed by atoms with Gasteiger partial charge in [-0.1, -0.05) is 43.7 Å². The second kappa shape index (κ2) is 5.48. The molecule has 1 N–H and O–H groups in total. The van der Waals surface area contributed by atoms with Crippen LogP contribution in [0, 0.1) is 4.77 Å². The highest BCUT2D eigenvalue weighted by atomic mass is 32.1. The number of rotatable bonds is 4. The predicted octanol–water partition coefficient (Wildman–Crippen LogP) is 3.99. The summed E-state index contributed by atoms with van der Waals surface area (Å²) in [6.07, 6.45) is 2.04. The summed E-state index contributed by atoms with van der Waals surface area (Å²) in [5, 5.41) is 4.64. The number of fused-ring (bicyclic) bond motifs is 1. The summed E-state index contributed by atoms with van der Waals surface area (Å²) < 4.78 is 4.85. The van der Waals surface area contributed by atoms with E-state index < -0.39 is 0 Å². The molecule has 0 saturated carbocycles. The van der Waals surface area contributed by atoms with E-state index in [0.29, 0.717) is 0 Å². The first-order valence-corrected chi connectivity index (χ1v) is 7.75. The number of hydrogen-bond donors (Lipinski definition) is 1. The third kappa shape index (κ3) is 2.31. The van der Waals surface area contributed by atoms with Crippen molar-refractivity contribution in [1.29, 1.82) is 0 Å². The molecule has 0 fully saturated rings. The molecule has 1 aromatic carbocycles. The molecular weight excluding hydrogens is 280 g/mol. The molecule has 0 saturated heterocycles. The van der Waals surface area contributed by atoms with E-state index in [0.717, 1.165) is 34.5 Å². The van der Waals surface area contributed by atoms with Crippen LogP contribution in [0.5, 0.6) is 0 Å². The number of aromatic nitrogens is 4. The highest BCUT2D eigenvalue weighted by Crippen LogP contribution is 2.26. The minimum absolute atomic E-state index is 0.178. The quantitative estimate of drug-likeness (QED) is 0.740. The molecule has 4 nitrogen and oxygen atoms in total.